The Labute approximate surface area is 140 Å². The van der Waals surface area contributed by atoms with Crippen LogP contribution < -0.4 is 14.2 Å². The van der Waals surface area contributed by atoms with Gasteiger partial charge in [-0.3, -0.25) is 4.79 Å². The van der Waals surface area contributed by atoms with E-state index >= 15 is 0 Å². The van der Waals surface area contributed by atoms with E-state index < -0.39 is 0 Å². The summed E-state index contributed by atoms with van der Waals surface area (Å²) in [6.07, 6.45) is 2.42. The molecule has 0 aliphatic carbocycles. The van der Waals surface area contributed by atoms with Crippen LogP contribution in [0.1, 0.15) is 15.9 Å². The monoisotopic (exact) mass is 323 g/mol. The van der Waals surface area contributed by atoms with Gasteiger partial charge in [0.25, 0.3) is 0 Å². The number of nitrogens with zero attached hydrogens (tertiary/aromatic N) is 1. The van der Waals surface area contributed by atoms with Crippen LogP contribution in [0.15, 0.2) is 48.0 Å². The second-order valence-electron chi connectivity index (χ2n) is 4.84. The Kier molecular flexibility index (Phi) is 5.98. The highest BCUT2D eigenvalue weighted by molar-refractivity contribution is 5.79. The third-order valence-electron chi connectivity index (χ3n) is 3.32. The topological polar surface area (TPSA) is 68.5 Å². The van der Waals surface area contributed by atoms with E-state index in [2.05, 4.69) is 6.07 Å². The van der Waals surface area contributed by atoms with Gasteiger partial charge < -0.3 is 14.2 Å². The molecule has 2 rings (SSSR count). The molecule has 0 heterocycles. The summed E-state index contributed by atoms with van der Waals surface area (Å²) < 4.78 is 16.0. The SMILES string of the molecule is COc1ccc(/C=C(\C#N)COc2ccccc2C=O)cc1OC. The molecular weight excluding hydrogens is 306 g/mol. The van der Waals surface area contributed by atoms with Crippen LogP contribution in [0.4, 0.5) is 0 Å². The van der Waals surface area contributed by atoms with E-state index in [9.17, 15) is 10.1 Å². The molecule has 0 atom stereocenters. The maximum Gasteiger partial charge on any atom is 0.161 e. The lowest BCUT2D eigenvalue weighted by Gasteiger charge is -2.09. The Hall–Kier alpha value is -3.26. The molecule has 0 bridgehead atoms. The minimum absolute atomic E-state index is 0.0652. The van der Waals surface area contributed by atoms with E-state index in [4.69, 9.17) is 14.2 Å². The van der Waals surface area contributed by atoms with Crippen molar-refractivity contribution in [2.45, 2.75) is 0 Å². The number of carbonyl (C=O) groups is 1. The molecule has 5 nitrogen and oxygen atoms in total. The number of para-hydroxylation sites is 1. The summed E-state index contributed by atoms with van der Waals surface area (Å²) in [5.74, 6) is 1.64. The van der Waals surface area contributed by atoms with Crippen molar-refractivity contribution in [3.8, 4) is 23.3 Å². The minimum atomic E-state index is 0.0652. The quantitative estimate of drug-likeness (QED) is 0.576. The molecule has 0 saturated carbocycles. The van der Waals surface area contributed by atoms with Crippen LogP contribution in [0.2, 0.25) is 0 Å². The molecule has 122 valence electrons. The highest BCUT2D eigenvalue weighted by Crippen LogP contribution is 2.28. The lowest BCUT2D eigenvalue weighted by atomic mass is 10.1. The second kappa shape index (κ2) is 8.39. The third kappa shape index (κ3) is 4.14. The Morgan fingerprint density at radius 3 is 2.50 bits per heavy atom. The van der Waals surface area contributed by atoms with Crippen molar-refractivity contribution < 1.29 is 19.0 Å². The van der Waals surface area contributed by atoms with E-state index in [0.29, 0.717) is 28.4 Å². The van der Waals surface area contributed by atoms with Crippen molar-refractivity contribution in [2.24, 2.45) is 0 Å². The van der Waals surface area contributed by atoms with E-state index in [0.717, 1.165) is 11.8 Å². The highest BCUT2D eigenvalue weighted by atomic mass is 16.5. The number of benzene rings is 2. The molecule has 5 heteroatoms. The lowest BCUT2D eigenvalue weighted by molar-refractivity contribution is 0.112. The summed E-state index contributed by atoms with van der Waals surface area (Å²) in [5.41, 5.74) is 1.65. The number of carbonyl (C=O) groups excluding carboxylic acids is 1. The molecule has 2 aromatic rings. The molecular formula is C19H17NO4. The summed E-state index contributed by atoms with van der Waals surface area (Å²) in [4.78, 5) is 11.0. The average molecular weight is 323 g/mol. The number of nitriles is 1. The van der Waals surface area contributed by atoms with E-state index in [1.165, 1.54) is 0 Å². The molecule has 0 aliphatic rings. The normalized spacial score (nSPS) is 10.6. The van der Waals surface area contributed by atoms with E-state index in [-0.39, 0.29) is 6.61 Å². The molecule has 0 N–H and O–H groups in total. The fourth-order valence-corrected chi connectivity index (χ4v) is 2.11. The van der Waals surface area contributed by atoms with Crippen LogP contribution in [0.5, 0.6) is 17.2 Å². The van der Waals surface area contributed by atoms with Gasteiger partial charge >= 0.3 is 0 Å². The van der Waals surface area contributed by atoms with Crippen molar-refractivity contribution in [2.75, 3.05) is 20.8 Å². The van der Waals surface area contributed by atoms with E-state index in [1.807, 2.05) is 6.07 Å². The van der Waals surface area contributed by atoms with Gasteiger partial charge in [-0.1, -0.05) is 18.2 Å². The fourth-order valence-electron chi connectivity index (χ4n) is 2.11. The third-order valence-corrected chi connectivity index (χ3v) is 3.32. The molecule has 0 fully saturated rings. The summed E-state index contributed by atoms with van der Waals surface area (Å²) in [7, 11) is 3.11. The predicted octanol–water partition coefficient (Wildman–Crippen LogP) is 3.50. The lowest BCUT2D eigenvalue weighted by Crippen LogP contribution is -2.02. The van der Waals surface area contributed by atoms with E-state index in [1.54, 1.807) is 56.7 Å². The number of hydrogen-bond acceptors (Lipinski definition) is 5. The first kappa shape index (κ1) is 17.1. The standard InChI is InChI=1S/C19H17NO4/c1-22-18-8-7-14(10-19(18)23-2)9-15(11-20)13-24-17-6-4-3-5-16(17)12-21/h3-10,12H,13H2,1-2H3/b15-9+. The molecule has 0 saturated heterocycles. The van der Waals surface area contributed by atoms with Crippen molar-refractivity contribution in [3.05, 3.63) is 59.2 Å². The molecule has 0 aliphatic heterocycles. The Balaban J connectivity index is 2.18. The summed E-state index contributed by atoms with van der Waals surface area (Å²) in [6, 6.07) is 14.3. The van der Waals surface area contributed by atoms with Gasteiger partial charge in [0.2, 0.25) is 0 Å². The van der Waals surface area contributed by atoms with Gasteiger partial charge in [0.05, 0.1) is 31.4 Å². The van der Waals surface area contributed by atoms with Crippen LogP contribution in [0.3, 0.4) is 0 Å². The summed E-state index contributed by atoms with van der Waals surface area (Å²) in [6.45, 7) is 0.0652. The number of aldehydes is 1. The number of rotatable bonds is 7. The highest BCUT2D eigenvalue weighted by Gasteiger charge is 2.06. The zero-order chi connectivity index (χ0) is 17.4. The first-order valence-corrected chi connectivity index (χ1v) is 7.21. The number of hydrogen-bond donors (Lipinski definition) is 0. The molecule has 2 aromatic carbocycles. The number of ether oxygens (including phenoxy) is 3. The van der Waals surface area contributed by atoms with Gasteiger partial charge in [-0.2, -0.15) is 5.26 Å². The van der Waals surface area contributed by atoms with Gasteiger partial charge in [0.1, 0.15) is 12.4 Å². The van der Waals surface area contributed by atoms with Gasteiger partial charge in [0, 0.05) is 0 Å². The Morgan fingerprint density at radius 1 is 1.08 bits per heavy atom. The smallest absolute Gasteiger partial charge is 0.161 e. The largest absolute Gasteiger partial charge is 0.493 e. The summed E-state index contributed by atoms with van der Waals surface area (Å²) in [5, 5.41) is 9.30. The Bertz CT molecular complexity index is 790. The van der Waals surface area contributed by atoms with Gasteiger partial charge in [0.15, 0.2) is 17.8 Å². The van der Waals surface area contributed by atoms with Crippen LogP contribution >= 0.6 is 0 Å². The molecule has 0 spiro atoms. The van der Waals surface area contributed by atoms with Gasteiger partial charge in [-0.05, 0) is 35.9 Å². The first-order chi connectivity index (χ1) is 11.7. The fraction of sp³-hybridized carbons (Fsp3) is 0.158. The molecule has 0 aromatic heterocycles. The first-order valence-electron chi connectivity index (χ1n) is 7.21. The zero-order valence-corrected chi connectivity index (χ0v) is 13.5. The van der Waals surface area contributed by atoms with Crippen LogP contribution in [0, 0.1) is 11.3 Å². The Morgan fingerprint density at radius 2 is 1.83 bits per heavy atom. The average Bonchev–Trinajstić information content (AvgIpc) is 2.65. The maximum atomic E-state index is 11.0. The molecule has 0 radical (unpaired) electrons. The van der Waals surface area contributed by atoms with Crippen LogP contribution in [-0.2, 0) is 0 Å². The van der Waals surface area contributed by atoms with Crippen molar-refractivity contribution in [1.29, 1.82) is 5.26 Å². The van der Waals surface area contributed by atoms with Crippen molar-refractivity contribution in [1.82, 2.24) is 0 Å². The van der Waals surface area contributed by atoms with Crippen molar-refractivity contribution >= 4 is 12.4 Å². The predicted molar refractivity (Wildman–Crippen MR) is 90.5 cm³/mol. The maximum absolute atomic E-state index is 11.0. The molecule has 0 amide bonds. The number of methoxy groups -OCH3 is 2. The van der Waals surface area contributed by atoms with Gasteiger partial charge in [-0.15, -0.1) is 0 Å². The minimum Gasteiger partial charge on any atom is -0.493 e. The molecule has 0 unspecified atom stereocenters. The van der Waals surface area contributed by atoms with Crippen LogP contribution in [-0.4, -0.2) is 27.1 Å². The second-order valence-corrected chi connectivity index (χ2v) is 4.84. The zero-order valence-electron chi connectivity index (χ0n) is 13.5. The van der Waals surface area contributed by atoms with Gasteiger partial charge in [-0.25, -0.2) is 0 Å². The van der Waals surface area contributed by atoms with Crippen LogP contribution in [0.25, 0.3) is 6.08 Å². The summed E-state index contributed by atoms with van der Waals surface area (Å²) >= 11 is 0. The van der Waals surface area contributed by atoms with Crippen molar-refractivity contribution in [3.63, 3.8) is 0 Å². The molecule has 24 heavy (non-hydrogen) atoms.